The quantitative estimate of drug-likeness (QED) is 0.782. The van der Waals surface area contributed by atoms with Gasteiger partial charge in [-0.25, -0.2) is 4.39 Å². The van der Waals surface area contributed by atoms with E-state index in [0.717, 1.165) is 22.1 Å². The van der Waals surface area contributed by atoms with Crippen LogP contribution in [0.4, 0.5) is 4.39 Å². The molecule has 0 saturated carbocycles. The second-order valence-corrected chi connectivity index (χ2v) is 5.93. The number of rotatable bonds is 5. The van der Waals surface area contributed by atoms with Gasteiger partial charge in [0.25, 0.3) is 0 Å². The Morgan fingerprint density at radius 1 is 1.25 bits per heavy atom. The zero-order chi connectivity index (χ0) is 14.5. The SMILES string of the molecule is CCNC(Cc1cccc(F)c1)c1ccc(Br)cc1Cl. The molecule has 0 spiro atoms. The minimum atomic E-state index is -0.209. The molecule has 1 unspecified atom stereocenters. The molecule has 0 aliphatic heterocycles. The van der Waals surface area contributed by atoms with Crippen molar-refractivity contribution in [2.45, 2.75) is 19.4 Å². The monoisotopic (exact) mass is 355 g/mol. The van der Waals surface area contributed by atoms with Crippen LogP contribution in [-0.4, -0.2) is 6.54 Å². The zero-order valence-electron chi connectivity index (χ0n) is 11.2. The molecule has 0 aliphatic rings. The van der Waals surface area contributed by atoms with Crippen molar-refractivity contribution in [2.24, 2.45) is 0 Å². The smallest absolute Gasteiger partial charge is 0.123 e. The van der Waals surface area contributed by atoms with Crippen LogP contribution < -0.4 is 5.32 Å². The highest BCUT2D eigenvalue weighted by molar-refractivity contribution is 9.10. The van der Waals surface area contributed by atoms with Crippen molar-refractivity contribution in [3.8, 4) is 0 Å². The van der Waals surface area contributed by atoms with Crippen molar-refractivity contribution in [1.29, 1.82) is 0 Å². The van der Waals surface area contributed by atoms with Crippen LogP contribution in [0.1, 0.15) is 24.1 Å². The van der Waals surface area contributed by atoms with Gasteiger partial charge in [0.1, 0.15) is 5.82 Å². The molecule has 106 valence electrons. The van der Waals surface area contributed by atoms with Crippen LogP contribution in [0.3, 0.4) is 0 Å². The first-order valence-corrected chi connectivity index (χ1v) is 7.70. The lowest BCUT2D eigenvalue weighted by Crippen LogP contribution is -2.23. The first-order chi connectivity index (χ1) is 9.60. The zero-order valence-corrected chi connectivity index (χ0v) is 13.5. The molecular weight excluding hydrogens is 341 g/mol. The number of likely N-dealkylation sites (N-methyl/N-ethyl adjacent to an activating group) is 1. The van der Waals surface area contributed by atoms with E-state index in [9.17, 15) is 4.39 Å². The van der Waals surface area contributed by atoms with Crippen LogP contribution in [0.25, 0.3) is 0 Å². The molecule has 0 aromatic heterocycles. The van der Waals surface area contributed by atoms with Crippen LogP contribution in [-0.2, 0) is 6.42 Å². The van der Waals surface area contributed by atoms with Crippen LogP contribution in [0.5, 0.6) is 0 Å². The molecule has 2 aromatic rings. The second-order valence-electron chi connectivity index (χ2n) is 4.61. The normalized spacial score (nSPS) is 12.4. The van der Waals surface area contributed by atoms with Crippen LogP contribution >= 0.6 is 27.5 Å². The lowest BCUT2D eigenvalue weighted by molar-refractivity contribution is 0.547. The number of hydrogen-bond acceptors (Lipinski definition) is 1. The Kier molecular flexibility index (Phi) is 5.58. The van der Waals surface area contributed by atoms with Gasteiger partial charge in [-0.3, -0.25) is 0 Å². The topological polar surface area (TPSA) is 12.0 Å². The van der Waals surface area contributed by atoms with E-state index in [2.05, 4.69) is 21.2 Å². The summed E-state index contributed by atoms with van der Waals surface area (Å²) in [5, 5.41) is 4.11. The number of nitrogens with one attached hydrogen (secondary N) is 1. The van der Waals surface area contributed by atoms with Gasteiger partial charge in [-0.2, -0.15) is 0 Å². The Morgan fingerprint density at radius 3 is 2.70 bits per heavy atom. The fraction of sp³-hybridized carbons (Fsp3) is 0.250. The van der Waals surface area contributed by atoms with Crippen molar-refractivity contribution in [2.75, 3.05) is 6.54 Å². The highest BCUT2D eigenvalue weighted by Gasteiger charge is 2.15. The van der Waals surface area contributed by atoms with Gasteiger partial charge in [0.15, 0.2) is 0 Å². The summed E-state index contributed by atoms with van der Waals surface area (Å²) in [6.07, 6.45) is 0.701. The van der Waals surface area contributed by atoms with E-state index in [-0.39, 0.29) is 11.9 Å². The van der Waals surface area contributed by atoms with Crippen LogP contribution in [0.2, 0.25) is 5.02 Å². The maximum Gasteiger partial charge on any atom is 0.123 e. The van der Waals surface area contributed by atoms with E-state index < -0.39 is 0 Å². The predicted octanol–water partition coefficient (Wildman–Crippen LogP) is 5.13. The highest BCUT2D eigenvalue weighted by atomic mass is 79.9. The van der Waals surface area contributed by atoms with Crippen molar-refractivity contribution < 1.29 is 4.39 Å². The van der Waals surface area contributed by atoms with Crippen molar-refractivity contribution in [3.63, 3.8) is 0 Å². The van der Waals surface area contributed by atoms with Gasteiger partial charge in [0, 0.05) is 15.5 Å². The van der Waals surface area contributed by atoms with Gasteiger partial charge < -0.3 is 5.32 Å². The van der Waals surface area contributed by atoms with E-state index >= 15 is 0 Å². The minimum Gasteiger partial charge on any atom is -0.310 e. The maximum atomic E-state index is 13.3. The molecule has 2 rings (SSSR count). The van der Waals surface area contributed by atoms with E-state index in [0.29, 0.717) is 11.4 Å². The fourth-order valence-corrected chi connectivity index (χ4v) is 3.03. The molecular formula is C16H16BrClFN. The third-order valence-corrected chi connectivity index (χ3v) is 3.94. The molecule has 0 radical (unpaired) electrons. The molecule has 0 fully saturated rings. The molecule has 0 bridgehead atoms. The van der Waals surface area contributed by atoms with E-state index in [1.54, 1.807) is 12.1 Å². The Bertz CT molecular complexity index is 588. The molecule has 1 nitrogen and oxygen atoms in total. The summed E-state index contributed by atoms with van der Waals surface area (Å²) < 4.78 is 14.2. The highest BCUT2D eigenvalue weighted by Crippen LogP contribution is 2.28. The van der Waals surface area contributed by atoms with E-state index in [4.69, 9.17) is 11.6 Å². The Balaban J connectivity index is 2.26. The Morgan fingerprint density at radius 2 is 2.05 bits per heavy atom. The number of hydrogen-bond donors (Lipinski definition) is 1. The standard InChI is InChI=1S/C16H16BrClFN/c1-2-20-16(9-11-4-3-5-13(19)8-11)14-7-6-12(17)10-15(14)18/h3-8,10,16,20H,2,9H2,1H3. The van der Waals surface area contributed by atoms with Crippen LogP contribution in [0.15, 0.2) is 46.9 Å². The van der Waals surface area contributed by atoms with Gasteiger partial charge in [-0.05, 0) is 48.4 Å². The molecule has 0 aliphatic carbocycles. The third-order valence-electron chi connectivity index (χ3n) is 3.12. The van der Waals surface area contributed by atoms with E-state index in [1.807, 2.05) is 31.2 Å². The summed E-state index contributed by atoms with van der Waals surface area (Å²) in [6.45, 7) is 2.87. The molecule has 0 heterocycles. The van der Waals surface area contributed by atoms with Gasteiger partial charge >= 0.3 is 0 Å². The molecule has 1 atom stereocenters. The summed E-state index contributed by atoms with van der Waals surface area (Å²) in [6, 6.07) is 12.6. The number of benzene rings is 2. The molecule has 0 saturated heterocycles. The summed E-state index contributed by atoms with van der Waals surface area (Å²) >= 11 is 9.72. The lowest BCUT2D eigenvalue weighted by Gasteiger charge is -2.20. The molecule has 20 heavy (non-hydrogen) atoms. The summed E-state index contributed by atoms with van der Waals surface area (Å²) in [5.74, 6) is -0.209. The first kappa shape index (κ1) is 15.5. The second kappa shape index (κ2) is 7.21. The number of halogens is 3. The lowest BCUT2D eigenvalue weighted by atomic mass is 9.98. The fourth-order valence-electron chi connectivity index (χ4n) is 2.22. The van der Waals surface area contributed by atoms with Gasteiger partial charge in [0.05, 0.1) is 0 Å². The molecule has 1 N–H and O–H groups in total. The summed E-state index contributed by atoms with van der Waals surface area (Å²) in [4.78, 5) is 0. The van der Waals surface area contributed by atoms with Gasteiger partial charge in [-0.15, -0.1) is 0 Å². The van der Waals surface area contributed by atoms with Gasteiger partial charge in [0.2, 0.25) is 0 Å². The summed E-state index contributed by atoms with van der Waals surface area (Å²) in [7, 11) is 0. The molecule has 0 amide bonds. The Hall–Kier alpha value is -0.900. The molecule has 2 aromatic carbocycles. The maximum absolute atomic E-state index is 13.3. The predicted molar refractivity (Wildman–Crippen MR) is 85.7 cm³/mol. The third kappa shape index (κ3) is 4.05. The average Bonchev–Trinajstić information content (AvgIpc) is 2.38. The Labute approximate surface area is 132 Å². The van der Waals surface area contributed by atoms with Crippen molar-refractivity contribution >= 4 is 27.5 Å². The van der Waals surface area contributed by atoms with Gasteiger partial charge in [-0.1, -0.05) is 52.7 Å². The molecule has 4 heteroatoms. The summed E-state index contributed by atoms with van der Waals surface area (Å²) in [5.41, 5.74) is 1.98. The van der Waals surface area contributed by atoms with Crippen LogP contribution in [0, 0.1) is 5.82 Å². The average molecular weight is 357 g/mol. The first-order valence-electron chi connectivity index (χ1n) is 6.53. The van der Waals surface area contributed by atoms with Crippen molar-refractivity contribution in [3.05, 3.63) is 68.9 Å². The largest absolute Gasteiger partial charge is 0.310 e. The minimum absolute atomic E-state index is 0.0717. The van der Waals surface area contributed by atoms with E-state index in [1.165, 1.54) is 6.07 Å². The van der Waals surface area contributed by atoms with Crippen molar-refractivity contribution in [1.82, 2.24) is 5.32 Å².